The Morgan fingerprint density at radius 1 is 0.981 bits per heavy atom. The maximum Gasteiger partial charge on any atom is 0.410 e. The first-order valence-electron chi connectivity index (χ1n) is 16.6. The summed E-state index contributed by atoms with van der Waals surface area (Å²) in [5, 5.41) is 19.7. The molecule has 0 unspecified atom stereocenters. The molecular weight excluding hydrogens is 735 g/mol. The monoisotopic (exact) mass is 771 g/mol. The SMILES string of the molecule is COC(=O)c1c(NC(=O)CSc2cccc(NC(=O)/C(=C\c3ccc([N+](=O)[O-])cc3)NC(=O)c3ccccc3)c2)sc2c1CCN(C(=O)OC(C)(C)C)C2. The molecule has 2 heterocycles. The summed E-state index contributed by atoms with van der Waals surface area (Å²) in [5.74, 6) is -2.20. The molecule has 16 heteroatoms. The van der Waals surface area contributed by atoms with Crippen LogP contribution in [0.1, 0.15) is 57.5 Å². The number of hydrogen-bond donors (Lipinski definition) is 3. The number of carbonyl (C=O) groups is 5. The number of benzene rings is 3. The third-order valence-corrected chi connectivity index (χ3v) is 9.88. The highest BCUT2D eigenvalue weighted by atomic mass is 32.2. The summed E-state index contributed by atoms with van der Waals surface area (Å²) in [6.45, 7) is 5.92. The van der Waals surface area contributed by atoms with Gasteiger partial charge in [0.05, 0.1) is 29.9 Å². The van der Waals surface area contributed by atoms with Gasteiger partial charge in [0.15, 0.2) is 0 Å². The summed E-state index contributed by atoms with van der Waals surface area (Å²) >= 11 is 2.40. The normalized spacial score (nSPS) is 12.6. The van der Waals surface area contributed by atoms with E-state index in [4.69, 9.17) is 9.47 Å². The molecule has 1 aliphatic rings. The van der Waals surface area contributed by atoms with E-state index in [1.807, 2.05) is 0 Å². The van der Waals surface area contributed by atoms with Crippen molar-refractivity contribution >= 4 is 75.3 Å². The van der Waals surface area contributed by atoms with Crippen molar-refractivity contribution in [1.29, 1.82) is 0 Å². The van der Waals surface area contributed by atoms with E-state index in [1.54, 1.807) is 80.3 Å². The Kier molecular flexibility index (Phi) is 12.5. The summed E-state index contributed by atoms with van der Waals surface area (Å²) in [6.07, 6.45) is 1.33. The number of carbonyl (C=O) groups excluding carboxylic acids is 5. The number of nitrogens with one attached hydrogen (secondary N) is 3. The first-order chi connectivity index (χ1) is 25.7. The van der Waals surface area contributed by atoms with Gasteiger partial charge in [-0.2, -0.15) is 0 Å². The van der Waals surface area contributed by atoms with Gasteiger partial charge in [0.25, 0.3) is 17.5 Å². The number of nitrogens with zero attached hydrogens (tertiary/aromatic N) is 2. The molecule has 54 heavy (non-hydrogen) atoms. The van der Waals surface area contributed by atoms with Crippen LogP contribution in [-0.2, 0) is 32.0 Å². The number of esters is 1. The fourth-order valence-electron chi connectivity index (χ4n) is 5.27. The number of nitro groups is 1. The third kappa shape index (κ3) is 10.3. The van der Waals surface area contributed by atoms with Crippen LogP contribution in [0.25, 0.3) is 6.08 Å². The van der Waals surface area contributed by atoms with Crippen molar-refractivity contribution in [2.24, 2.45) is 0 Å². The summed E-state index contributed by atoms with van der Waals surface area (Å²) in [4.78, 5) is 78.7. The highest BCUT2D eigenvalue weighted by Gasteiger charge is 2.32. The lowest BCUT2D eigenvalue weighted by Gasteiger charge is -2.30. The average Bonchev–Trinajstić information content (AvgIpc) is 3.50. The molecule has 3 aromatic carbocycles. The highest BCUT2D eigenvalue weighted by molar-refractivity contribution is 8.00. The second-order valence-electron chi connectivity index (χ2n) is 12.9. The first kappa shape index (κ1) is 39.2. The number of nitro benzene ring substituents is 1. The van der Waals surface area contributed by atoms with Crippen molar-refractivity contribution in [2.45, 2.75) is 44.2 Å². The van der Waals surface area contributed by atoms with Gasteiger partial charge in [0.1, 0.15) is 16.3 Å². The van der Waals surface area contributed by atoms with E-state index in [-0.39, 0.29) is 35.2 Å². The molecule has 1 aliphatic heterocycles. The van der Waals surface area contributed by atoms with E-state index in [1.165, 1.54) is 60.5 Å². The lowest BCUT2D eigenvalue weighted by atomic mass is 10.0. The number of methoxy groups -OCH3 is 1. The molecule has 0 saturated carbocycles. The van der Waals surface area contributed by atoms with Crippen LogP contribution in [0.3, 0.4) is 0 Å². The largest absolute Gasteiger partial charge is 0.465 e. The molecule has 0 fully saturated rings. The smallest absolute Gasteiger partial charge is 0.410 e. The lowest BCUT2D eigenvalue weighted by molar-refractivity contribution is -0.384. The molecule has 0 aliphatic carbocycles. The summed E-state index contributed by atoms with van der Waals surface area (Å²) < 4.78 is 10.5. The molecule has 0 spiro atoms. The van der Waals surface area contributed by atoms with E-state index in [2.05, 4.69) is 16.0 Å². The maximum atomic E-state index is 13.5. The lowest BCUT2D eigenvalue weighted by Crippen LogP contribution is -2.39. The summed E-state index contributed by atoms with van der Waals surface area (Å²) in [5.41, 5.74) is 1.23. The van der Waals surface area contributed by atoms with Crippen molar-refractivity contribution in [3.63, 3.8) is 0 Å². The van der Waals surface area contributed by atoms with Crippen LogP contribution >= 0.6 is 23.1 Å². The van der Waals surface area contributed by atoms with Gasteiger partial charge in [0, 0.05) is 39.7 Å². The molecule has 0 atom stereocenters. The minimum absolute atomic E-state index is 0.0386. The topological polar surface area (TPSA) is 186 Å². The zero-order chi connectivity index (χ0) is 39.0. The van der Waals surface area contributed by atoms with Crippen molar-refractivity contribution < 1.29 is 38.4 Å². The molecule has 5 rings (SSSR count). The number of amides is 4. The highest BCUT2D eigenvalue weighted by Crippen LogP contribution is 2.38. The van der Waals surface area contributed by atoms with Gasteiger partial charge < -0.3 is 30.3 Å². The number of hydrogen-bond acceptors (Lipinski definition) is 11. The Hall–Kier alpha value is -6.00. The minimum Gasteiger partial charge on any atom is -0.465 e. The molecule has 4 amide bonds. The number of thiophene rings is 1. The van der Waals surface area contributed by atoms with Gasteiger partial charge in [0.2, 0.25) is 5.91 Å². The van der Waals surface area contributed by atoms with E-state index < -0.39 is 34.4 Å². The van der Waals surface area contributed by atoms with Crippen LogP contribution < -0.4 is 16.0 Å². The number of fused-ring (bicyclic) bond motifs is 1. The van der Waals surface area contributed by atoms with Crippen LogP contribution in [-0.4, -0.2) is 64.6 Å². The van der Waals surface area contributed by atoms with Gasteiger partial charge in [-0.3, -0.25) is 24.5 Å². The second kappa shape index (κ2) is 17.2. The van der Waals surface area contributed by atoms with Gasteiger partial charge in [-0.25, -0.2) is 9.59 Å². The second-order valence-corrected chi connectivity index (χ2v) is 15.1. The molecule has 4 aromatic rings. The Morgan fingerprint density at radius 3 is 2.37 bits per heavy atom. The maximum absolute atomic E-state index is 13.5. The molecule has 0 radical (unpaired) electrons. The predicted molar refractivity (Wildman–Crippen MR) is 205 cm³/mol. The zero-order valence-corrected chi connectivity index (χ0v) is 31.4. The number of rotatable bonds is 11. The van der Waals surface area contributed by atoms with E-state index in [0.29, 0.717) is 39.7 Å². The van der Waals surface area contributed by atoms with Gasteiger partial charge >= 0.3 is 12.1 Å². The standard InChI is InChI=1S/C38H37N5O9S2/c1-38(2,3)52-37(48)42-18-17-28-30(21-42)54-35(32(28)36(47)51-4)41-31(44)22-53-27-12-8-11-25(20-27)39-34(46)29(40-33(45)24-9-6-5-7-10-24)19-23-13-15-26(16-14-23)43(49)50/h5-16,19-20H,17-18,21-22H2,1-4H3,(H,39,46)(H,40,45)(H,41,44)/b29-19+. The number of thioether (sulfide) groups is 1. The number of ether oxygens (including phenoxy) is 2. The molecule has 1 aromatic heterocycles. The van der Waals surface area contributed by atoms with Crippen molar-refractivity contribution in [1.82, 2.24) is 10.2 Å². The molecule has 14 nitrogen and oxygen atoms in total. The quantitative estimate of drug-likeness (QED) is 0.0477. The van der Waals surface area contributed by atoms with Crippen molar-refractivity contribution in [2.75, 3.05) is 30.0 Å². The summed E-state index contributed by atoms with van der Waals surface area (Å²) in [6, 6.07) is 20.6. The van der Waals surface area contributed by atoms with Crippen LogP contribution in [0.2, 0.25) is 0 Å². The predicted octanol–water partition coefficient (Wildman–Crippen LogP) is 6.88. The van der Waals surface area contributed by atoms with Gasteiger partial charge in [-0.1, -0.05) is 24.3 Å². The minimum atomic E-state index is -0.663. The van der Waals surface area contributed by atoms with Crippen LogP contribution in [0.15, 0.2) is 89.5 Å². The van der Waals surface area contributed by atoms with E-state index >= 15 is 0 Å². The Morgan fingerprint density at radius 2 is 1.70 bits per heavy atom. The fourth-order valence-corrected chi connectivity index (χ4v) is 7.29. The fraction of sp³-hybridized carbons (Fsp3) is 0.237. The molecule has 280 valence electrons. The Labute approximate surface area is 319 Å². The number of anilines is 2. The van der Waals surface area contributed by atoms with Crippen molar-refractivity contribution in [3.8, 4) is 0 Å². The van der Waals surface area contributed by atoms with Crippen LogP contribution in [0, 0.1) is 10.1 Å². The number of non-ortho nitro benzene ring substituents is 1. The molecule has 0 saturated heterocycles. The molecule has 3 N–H and O–H groups in total. The Balaban J connectivity index is 1.26. The van der Waals surface area contributed by atoms with E-state index in [0.717, 1.165) is 10.4 Å². The average molecular weight is 772 g/mol. The van der Waals surface area contributed by atoms with Crippen molar-refractivity contribution in [3.05, 3.63) is 122 Å². The zero-order valence-electron chi connectivity index (χ0n) is 29.8. The van der Waals surface area contributed by atoms with Gasteiger partial charge in [-0.05, 0) is 86.9 Å². The Bertz CT molecular complexity index is 2110. The third-order valence-electron chi connectivity index (χ3n) is 7.76. The molecular formula is C38H37N5O9S2. The van der Waals surface area contributed by atoms with Crippen LogP contribution in [0.5, 0.6) is 0 Å². The summed E-state index contributed by atoms with van der Waals surface area (Å²) in [7, 11) is 1.26. The van der Waals surface area contributed by atoms with Crippen LogP contribution in [0.4, 0.5) is 21.2 Å². The van der Waals surface area contributed by atoms with E-state index in [9.17, 15) is 34.1 Å². The molecule has 0 bridgehead atoms. The van der Waals surface area contributed by atoms with Gasteiger partial charge in [-0.15, -0.1) is 23.1 Å². The first-order valence-corrected chi connectivity index (χ1v) is 18.4.